The molecule has 0 spiro atoms. The second kappa shape index (κ2) is 9.79. The highest BCUT2D eigenvalue weighted by Gasteiger charge is 2.36. The van der Waals surface area contributed by atoms with Gasteiger partial charge in [-0.1, -0.05) is 0 Å². The molecule has 36 heavy (non-hydrogen) atoms. The van der Waals surface area contributed by atoms with E-state index in [9.17, 15) is 20.4 Å². The molecule has 4 aromatic heterocycles. The van der Waals surface area contributed by atoms with Gasteiger partial charge in [-0.3, -0.25) is 9.13 Å². The van der Waals surface area contributed by atoms with Crippen LogP contribution in [-0.2, 0) is 9.47 Å². The second-order valence-corrected chi connectivity index (χ2v) is 10.5. The molecule has 2 aliphatic rings. The lowest BCUT2D eigenvalue weighted by Gasteiger charge is -2.13. The number of imidazole rings is 2. The van der Waals surface area contributed by atoms with Gasteiger partial charge < -0.3 is 29.9 Å². The van der Waals surface area contributed by atoms with Gasteiger partial charge in [-0.2, -0.15) is 0 Å². The molecule has 0 radical (unpaired) electrons. The summed E-state index contributed by atoms with van der Waals surface area (Å²) in [5, 5.41) is 40.1. The average molecular weight is 535 g/mol. The molecule has 0 amide bonds. The Morgan fingerprint density at radius 2 is 1.17 bits per heavy atom. The minimum absolute atomic E-state index is 0.268. The Bertz CT molecular complexity index is 1280. The third-order valence-corrected chi connectivity index (χ3v) is 8.43. The van der Waals surface area contributed by atoms with E-state index in [2.05, 4.69) is 29.9 Å². The van der Waals surface area contributed by atoms with Gasteiger partial charge in [0.25, 0.3) is 0 Å². The number of aromatic nitrogens is 8. The fourth-order valence-electron chi connectivity index (χ4n) is 4.38. The maximum atomic E-state index is 10.1. The van der Waals surface area contributed by atoms with Crippen LogP contribution in [0.4, 0.5) is 0 Å². The number of aliphatic hydroxyl groups is 4. The van der Waals surface area contributed by atoms with Crippen LogP contribution < -0.4 is 0 Å². The van der Waals surface area contributed by atoms with Gasteiger partial charge in [-0.25, -0.2) is 29.9 Å². The van der Waals surface area contributed by atoms with Gasteiger partial charge in [-0.15, -0.1) is 0 Å². The molecule has 6 rings (SSSR count). The highest BCUT2D eigenvalue weighted by Crippen LogP contribution is 2.41. The van der Waals surface area contributed by atoms with E-state index in [1.165, 1.54) is 34.2 Å². The summed E-state index contributed by atoms with van der Waals surface area (Å²) in [5.74, 6) is 0. The zero-order chi connectivity index (χ0) is 24.8. The number of ether oxygens (including phenoxy) is 2. The SMILES string of the molecule is OC[C@@H]1O[C@H](n2cnc3c(SSc4ncnc5c4ncn5[C@@H]4C[C@H](O)[C@H](CO)O4)ncnc32)C[C@@H]1O. The topological polar surface area (TPSA) is 187 Å². The summed E-state index contributed by atoms with van der Waals surface area (Å²) >= 11 is 0. The summed E-state index contributed by atoms with van der Waals surface area (Å²) in [6, 6.07) is 0. The first kappa shape index (κ1) is 23.9. The van der Waals surface area contributed by atoms with Crippen LogP contribution in [0.2, 0.25) is 0 Å². The molecule has 190 valence electrons. The summed E-state index contributed by atoms with van der Waals surface area (Å²) in [6.07, 6.45) is 2.87. The molecule has 2 fully saturated rings. The van der Waals surface area contributed by atoms with Crippen molar-refractivity contribution >= 4 is 43.9 Å². The molecule has 6 heterocycles. The number of hydrogen-bond donors (Lipinski definition) is 4. The quantitative estimate of drug-likeness (QED) is 0.184. The van der Waals surface area contributed by atoms with Crippen molar-refractivity contribution in [3.8, 4) is 0 Å². The van der Waals surface area contributed by atoms with E-state index in [1.807, 2.05) is 0 Å². The van der Waals surface area contributed by atoms with Crippen molar-refractivity contribution in [2.24, 2.45) is 0 Å². The van der Waals surface area contributed by atoms with Crippen molar-refractivity contribution in [3.05, 3.63) is 25.3 Å². The molecule has 16 heteroatoms. The van der Waals surface area contributed by atoms with Crippen molar-refractivity contribution in [1.29, 1.82) is 0 Å². The Labute approximate surface area is 211 Å². The zero-order valence-electron chi connectivity index (χ0n) is 18.6. The van der Waals surface area contributed by atoms with E-state index in [1.54, 1.807) is 21.8 Å². The first-order valence-electron chi connectivity index (χ1n) is 11.2. The fourth-order valence-corrected chi connectivity index (χ4v) is 6.37. The van der Waals surface area contributed by atoms with Crippen LogP contribution in [0.15, 0.2) is 35.4 Å². The van der Waals surface area contributed by atoms with Gasteiger partial charge in [0.05, 0.1) is 38.1 Å². The Balaban J connectivity index is 1.23. The van der Waals surface area contributed by atoms with E-state index in [4.69, 9.17) is 9.47 Å². The van der Waals surface area contributed by atoms with Crippen LogP contribution in [0, 0.1) is 0 Å². The Morgan fingerprint density at radius 1 is 0.722 bits per heavy atom. The molecule has 2 saturated heterocycles. The summed E-state index contributed by atoms with van der Waals surface area (Å²) in [7, 11) is 2.68. The molecular formula is C20H22N8O6S2. The number of nitrogens with zero attached hydrogens (tertiary/aromatic N) is 8. The Hall–Kier alpha value is -2.44. The van der Waals surface area contributed by atoms with Crippen LogP contribution in [0.5, 0.6) is 0 Å². The normalized spacial score (nSPS) is 28.6. The zero-order valence-corrected chi connectivity index (χ0v) is 20.2. The molecule has 0 saturated carbocycles. The molecule has 0 aromatic carbocycles. The highest BCUT2D eigenvalue weighted by atomic mass is 33.1. The average Bonchev–Trinajstić information content (AvgIpc) is 3.66. The largest absolute Gasteiger partial charge is 0.394 e. The monoisotopic (exact) mass is 534 g/mol. The lowest BCUT2D eigenvalue weighted by Crippen LogP contribution is -2.24. The lowest BCUT2D eigenvalue weighted by molar-refractivity contribution is -0.0432. The van der Waals surface area contributed by atoms with Crippen LogP contribution in [0.3, 0.4) is 0 Å². The van der Waals surface area contributed by atoms with E-state index in [-0.39, 0.29) is 13.2 Å². The fraction of sp³-hybridized carbons (Fsp3) is 0.500. The van der Waals surface area contributed by atoms with E-state index in [0.29, 0.717) is 45.2 Å². The molecule has 0 unspecified atom stereocenters. The van der Waals surface area contributed by atoms with Crippen molar-refractivity contribution in [3.63, 3.8) is 0 Å². The molecule has 2 aliphatic heterocycles. The number of aliphatic hydroxyl groups excluding tert-OH is 4. The van der Waals surface area contributed by atoms with Gasteiger partial charge in [0, 0.05) is 12.8 Å². The van der Waals surface area contributed by atoms with Crippen molar-refractivity contribution in [2.45, 2.75) is 59.8 Å². The molecule has 0 aliphatic carbocycles. The van der Waals surface area contributed by atoms with Gasteiger partial charge in [0.2, 0.25) is 0 Å². The Kier molecular flexibility index (Phi) is 6.51. The number of hydrogen-bond acceptors (Lipinski definition) is 14. The van der Waals surface area contributed by atoms with Crippen molar-refractivity contribution < 1.29 is 29.9 Å². The maximum absolute atomic E-state index is 10.1. The molecule has 4 N–H and O–H groups in total. The van der Waals surface area contributed by atoms with E-state index < -0.39 is 36.9 Å². The smallest absolute Gasteiger partial charge is 0.166 e. The standard InChI is InChI=1S/C20H22N8O6S2/c29-3-11-9(31)1-13(33-11)27-7-25-15-17(27)21-5-23-19(15)35-36-20-16-18(22-6-24-20)28(8-26-16)14-2-10(32)12(4-30)34-14/h5-14,29-32H,1-4H2/t9-,10-,11-,12-,13-,14-/m0/s1. The second-order valence-electron chi connectivity index (χ2n) is 8.40. The van der Waals surface area contributed by atoms with Crippen LogP contribution >= 0.6 is 21.6 Å². The predicted octanol–water partition coefficient (Wildman–Crippen LogP) is 0.0468. The molecule has 0 bridgehead atoms. The summed E-state index contributed by atoms with van der Waals surface area (Å²) < 4.78 is 14.9. The van der Waals surface area contributed by atoms with Gasteiger partial charge in [0.15, 0.2) is 11.3 Å². The lowest BCUT2D eigenvalue weighted by atomic mass is 10.2. The van der Waals surface area contributed by atoms with Gasteiger partial charge in [0.1, 0.15) is 58.4 Å². The van der Waals surface area contributed by atoms with Gasteiger partial charge >= 0.3 is 0 Å². The molecule has 4 aromatic rings. The number of fused-ring (bicyclic) bond motifs is 2. The first-order valence-corrected chi connectivity index (χ1v) is 13.3. The van der Waals surface area contributed by atoms with E-state index in [0.717, 1.165) is 0 Å². The molecule has 6 atom stereocenters. The minimum atomic E-state index is -0.768. The Morgan fingerprint density at radius 3 is 1.56 bits per heavy atom. The molecular weight excluding hydrogens is 512 g/mol. The number of rotatable bonds is 7. The van der Waals surface area contributed by atoms with Crippen LogP contribution in [0.1, 0.15) is 25.3 Å². The minimum Gasteiger partial charge on any atom is -0.394 e. The predicted molar refractivity (Wildman–Crippen MR) is 126 cm³/mol. The van der Waals surface area contributed by atoms with Crippen molar-refractivity contribution in [2.75, 3.05) is 13.2 Å². The van der Waals surface area contributed by atoms with Crippen LogP contribution in [-0.4, -0.2) is 97.1 Å². The van der Waals surface area contributed by atoms with Crippen LogP contribution in [0.25, 0.3) is 22.3 Å². The van der Waals surface area contributed by atoms with Gasteiger partial charge in [-0.05, 0) is 21.6 Å². The first-order chi connectivity index (χ1) is 17.6. The third kappa shape index (κ3) is 4.12. The van der Waals surface area contributed by atoms with Crippen molar-refractivity contribution in [1.82, 2.24) is 39.0 Å². The summed E-state index contributed by atoms with van der Waals surface area (Å²) in [5.41, 5.74) is 2.24. The maximum Gasteiger partial charge on any atom is 0.166 e. The van der Waals surface area contributed by atoms with E-state index >= 15 is 0 Å². The summed E-state index contributed by atoms with van der Waals surface area (Å²) in [6.45, 7) is -0.536. The summed E-state index contributed by atoms with van der Waals surface area (Å²) in [4.78, 5) is 26.3. The molecule has 14 nitrogen and oxygen atoms in total. The third-order valence-electron chi connectivity index (χ3n) is 6.24. The highest BCUT2D eigenvalue weighted by molar-refractivity contribution is 8.76.